The molecule has 2 N–H and O–H groups in total. The number of carboxylic acids is 2. The van der Waals surface area contributed by atoms with Crippen molar-refractivity contribution in [3.8, 4) is 45.2 Å². The second-order valence-corrected chi connectivity index (χ2v) is 10.4. The van der Waals surface area contributed by atoms with Gasteiger partial charge in [-0.2, -0.15) is 0 Å². The molecule has 0 radical (unpaired) electrons. The minimum Gasteiger partial charge on any atom is -0.478 e. The molecule has 0 aliphatic heterocycles. The summed E-state index contributed by atoms with van der Waals surface area (Å²) in [6, 6.07) is 30.0. The van der Waals surface area contributed by atoms with Crippen molar-refractivity contribution in [2.24, 2.45) is 0 Å². The molecule has 7 rings (SSSR count). The quantitative estimate of drug-likeness (QED) is 0.190. The number of rotatable bonds is 6. The Morgan fingerprint density at radius 1 is 0.568 bits per heavy atom. The van der Waals surface area contributed by atoms with Gasteiger partial charge in [0.2, 0.25) is 0 Å². The van der Waals surface area contributed by atoms with Crippen LogP contribution in [0.3, 0.4) is 0 Å². The molecular formula is C36H23N3O5. The minimum absolute atomic E-state index is 0.0114. The van der Waals surface area contributed by atoms with Crippen LogP contribution in [0.4, 0.5) is 0 Å². The topological polar surface area (TPSA) is 126 Å². The number of pyridine rings is 3. The van der Waals surface area contributed by atoms with Crippen molar-refractivity contribution in [3.63, 3.8) is 0 Å². The molecule has 44 heavy (non-hydrogen) atoms. The summed E-state index contributed by atoms with van der Waals surface area (Å²) in [6.45, 7) is 1.93. The molecule has 0 bridgehead atoms. The van der Waals surface area contributed by atoms with Crippen molar-refractivity contribution in [1.82, 2.24) is 15.0 Å². The van der Waals surface area contributed by atoms with E-state index in [1.807, 2.05) is 31.2 Å². The molecule has 0 amide bonds. The first kappa shape index (κ1) is 26.7. The SMILES string of the molecule is Cc1ccc(-c2ccc3c(ccc4cc(-c5ccnc(-c6cc(C(=O)O)cc(-c7cc(C(=O)O)ccn7)n6)c5)ccc43)c2)o1. The summed E-state index contributed by atoms with van der Waals surface area (Å²) in [7, 11) is 0. The van der Waals surface area contributed by atoms with E-state index in [1.165, 1.54) is 30.5 Å². The highest BCUT2D eigenvalue weighted by Crippen LogP contribution is 2.34. The van der Waals surface area contributed by atoms with E-state index in [-0.39, 0.29) is 22.5 Å². The van der Waals surface area contributed by atoms with E-state index in [0.29, 0.717) is 11.4 Å². The van der Waals surface area contributed by atoms with E-state index in [2.05, 4.69) is 63.5 Å². The molecule has 4 aromatic heterocycles. The number of carbonyl (C=O) groups is 2. The molecule has 212 valence electrons. The van der Waals surface area contributed by atoms with Crippen molar-refractivity contribution in [1.29, 1.82) is 0 Å². The Hall–Kier alpha value is -6.15. The fourth-order valence-electron chi connectivity index (χ4n) is 5.36. The molecule has 0 aliphatic rings. The molecule has 0 aliphatic carbocycles. The maximum absolute atomic E-state index is 12.0. The number of aryl methyl sites for hydroxylation is 1. The highest BCUT2D eigenvalue weighted by Gasteiger charge is 2.15. The normalized spacial score (nSPS) is 11.2. The van der Waals surface area contributed by atoms with Crippen LogP contribution in [0.5, 0.6) is 0 Å². The number of hydrogen-bond acceptors (Lipinski definition) is 6. The molecule has 0 unspecified atom stereocenters. The Morgan fingerprint density at radius 3 is 1.77 bits per heavy atom. The van der Waals surface area contributed by atoms with Crippen molar-refractivity contribution in [3.05, 3.63) is 126 Å². The number of carboxylic acid groups (broad SMARTS) is 2. The Bertz CT molecular complexity index is 2270. The van der Waals surface area contributed by atoms with Gasteiger partial charge in [-0.1, -0.05) is 36.4 Å². The first-order valence-corrected chi connectivity index (χ1v) is 13.8. The second kappa shape index (κ2) is 10.6. The van der Waals surface area contributed by atoms with Gasteiger partial charge in [-0.25, -0.2) is 14.6 Å². The number of benzene rings is 3. The predicted molar refractivity (Wildman–Crippen MR) is 168 cm³/mol. The van der Waals surface area contributed by atoms with Gasteiger partial charge in [0.1, 0.15) is 11.5 Å². The molecule has 0 saturated carbocycles. The van der Waals surface area contributed by atoms with Crippen molar-refractivity contribution >= 4 is 33.5 Å². The summed E-state index contributed by atoms with van der Waals surface area (Å²) >= 11 is 0. The lowest BCUT2D eigenvalue weighted by Crippen LogP contribution is -2.02. The average Bonchev–Trinajstić information content (AvgIpc) is 3.50. The van der Waals surface area contributed by atoms with Crippen LogP contribution in [-0.2, 0) is 0 Å². The van der Waals surface area contributed by atoms with E-state index in [0.717, 1.165) is 49.8 Å². The van der Waals surface area contributed by atoms with E-state index >= 15 is 0 Å². The van der Waals surface area contributed by atoms with E-state index in [9.17, 15) is 19.8 Å². The summed E-state index contributed by atoms with van der Waals surface area (Å²) in [4.78, 5) is 36.8. The molecule has 8 nitrogen and oxygen atoms in total. The van der Waals surface area contributed by atoms with Gasteiger partial charge in [-0.05, 0) is 100 Å². The van der Waals surface area contributed by atoms with Gasteiger partial charge in [0.25, 0.3) is 0 Å². The van der Waals surface area contributed by atoms with Crippen molar-refractivity contribution in [2.75, 3.05) is 0 Å². The fraction of sp³-hybridized carbons (Fsp3) is 0.0278. The zero-order chi connectivity index (χ0) is 30.4. The van der Waals surface area contributed by atoms with Crippen molar-refractivity contribution < 1.29 is 24.2 Å². The third-order valence-corrected chi connectivity index (χ3v) is 7.56. The summed E-state index contributed by atoms with van der Waals surface area (Å²) in [6.07, 6.45) is 3.01. The van der Waals surface area contributed by atoms with E-state index in [1.54, 1.807) is 6.20 Å². The van der Waals surface area contributed by atoms with Gasteiger partial charge in [0.15, 0.2) is 0 Å². The molecule has 0 spiro atoms. The second-order valence-electron chi connectivity index (χ2n) is 10.4. The van der Waals surface area contributed by atoms with Crippen LogP contribution >= 0.6 is 0 Å². The molecule has 0 fully saturated rings. The van der Waals surface area contributed by atoms with Crippen LogP contribution < -0.4 is 0 Å². The van der Waals surface area contributed by atoms with Gasteiger partial charge < -0.3 is 14.6 Å². The van der Waals surface area contributed by atoms with Crippen LogP contribution in [0.15, 0.2) is 114 Å². The molecule has 7 aromatic rings. The van der Waals surface area contributed by atoms with Gasteiger partial charge in [-0.3, -0.25) is 9.97 Å². The molecule has 8 heteroatoms. The first-order valence-electron chi connectivity index (χ1n) is 13.8. The van der Waals surface area contributed by atoms with Crippen LogP contribution in [0.25, 0.3) is 66.8 Å². The lowest BCUT2D eigenvalue weighted by atomic mass is 9.96. The Balaban J connectivity index is 1.27. The number of furan rings is 1. The number of aromatic nitrogens is 3. The Morgan fingerprint density at radius 2 is 1.14 bits per heavy atom. The minimum atomic E-state index is -1.14. The monoisotopic (exact) mass is 577 g/mol. The van der Waals surface area contributed by atoms with Crippen molar-refractivity contribution in [2.45, 2.75) is 6.92 Å². The van der Waals surface area contributed by atoms with Crippen LogP contribution in [0.2, 0.25) is 0 Å². The number of fused-ring (bicyclic) bond motifs is 3. The lowest BCUT2D eigenvalue weighted by molar-refractivity contribution is 0.0686. The van der Waals surface area contributed by atoms with Gasteiger partial charge in [0.05, 0.1) is 33.9 Å². The summed E-state index contributed by atoms with van der Waals surface area (Å²) in [5, 5.41) is 23.6. The third-order valence-electron chi connectivity index (χ3n) is 7.56. The molecule has 0 saturated heterocycles. The lowest BCUT2D eigenvalue weighted by Gasteiger charge is -2.10. The smallest absolute Gasteiger partial charge is 0.335 e. The third kappa shape index (κ3) is 4.94. The molecular weight excluding hydrogens is 554 g/mol. The number of hydrogen-bond donors (Lipinski definition) is 2. The van der Waals surface area contributed by atoms with E-state index in [4.69, 9.17) is 4.42 Å². The van der Waals surface area contributed by atoms with Gasteiger partial charge >= 0.3 is 11.9 Å². The first-order chi connectivity index (χ1) is 21.3. The van der Waals surface area contributed by atoms with E-state index < -0.39 is 11.9 Å². The maximum Gasteiger partial charge on any atom is 0.335 e. The van der Waals surface area contributed by atoms with Crippen LogP contribution in [0, 0.1) is 6.92 Å². The zero-order valence-electron chi connectivity index (χ0n) is 23.4. The average molecular weight is 578 g/mol. The Kier molecular flexibility index (Phi) is 6.44. The van der Waals surface area contributed by atoms with Crippen LogP contribution in [0.1, 0.15) is 26.5 Å². The number of aromatic carboxylic acids is 2. The highest BCUT2D eigenvalue weighted by molar-refractivity contribution is 6.09. The molecule has 3 aromatic carbocycles. The maximum atomic E-state index is 12.0. The molecule has 0 atom stereocenters. The highest BCUT2D eigenvalue weighted by atomic mass is 16.4. The summed E-state index contributed by atoms with van der Waals surface area (Å²) < 4.78 is 5.81. The fourth-order valence-corrected chi connectivity index (χ4v) is 5.36. The molecule has 4 heterocycles. The summed E-state index contributed by atoms with van der Waals surface area (Å²) in [5.41, 5.74) is 4.18. The zero-order valence-corrected chi connectivity index (χ0v) is 23.4. The predicted octanol–water partition coefficient (Wildman–Crippen LogP) is 8.14. The van der Waals surface area contributed by atoms with Crippen LogP contribution in [-0.4, -0.2) is 37.1 Å². The largest absolute Gasteiger partial charge is 0.478 e. The summed E-state index contributed by atoms with van der Waals surface area (Å²) in [5.74, 6) is -0.545. The Labute approximate surface area is 250 Å². The standard InChI is InChI=1S/C36H23N3O5/c1-20-2-9-34(44-20)25-6-8-29-24(15-25)4-3-23-14-21(5-7-28(23)29)22-10-12-37-30(16-22)32-18-27(36(42)43)19-33(39-32)31-17-26(35(40)41)11-13-38-31/h2-19H,1H3,(H,40,41)(H,42,43). The number of nitrogens with zero attached hydrogens (tertiary/aromatic N) is 3. The van der Waals surface area contributed by atoms with Gasteiger partial charge in [0, 0.05) is 18.0 Å². The van der Waals surface area contributed by atoms with Gasteiger partial charge in [-0.15, -0.1) is 0 Å².